The summed E-state index contributed by atoms with van der Waals surface area (Å²) < 4.78 is 0.946. The van der Waals surface area contributed by atoms with Crippen molar-refractivity contribution in [2.24, 2.45) is 11.8 Å². The number of fused-ring (bicyclic) bond motifs is 1. The van der Waals surface area contributed by atoms with Crippen molar-refractivity contribution < 1.29 is 4.79 Å². The van der Waals surface area contributed by atoms with Crippen LogP contribution in [0.3, 0.4) is 0 Å². The number of nitrogens with one attached hydrogen (secondary N) is 1. The molecular formula is C14H19N3OS. The summed E-state index contributed by atoms with van der Waals surface area (Å²) in [6, 6.07) is 5.47. The number of hydrogen-bond acceptors (Lipinski definition) is 4. The fraction of sp³-hybridized carbons (Fsp3) is 0.429. The molecule has 19 heavy (non-hydrogen) atoms. The predicted octanol–water partition coefficient (Wildman–Crippen LogP) is 2.90. The lowest BCUT2D eigenvalue weighted by Gasteiger charge is -2.16. The van der Waals surface area contributed by atoms with Crippen molar-refractivity contribution in [3.63, 3.8) is 0 Å². The van der Waals surface area contributed by atoms with E-state index in [4.69, 9.17) is 5.73 Å². The number of carbonyl (C=O) groups excluding carboxylic acids is 1. The highest BCUT2D eigenvalue weighted by Crippen LogP contribution is 2.24. The van der Waals surface area contributed by atoms with Crippen LogP contribution in [0.1, 0.15) is 31.1 Å². The fourth-order valence-corrected chi connectivity index (χ4v) is 2.45. The number of carbonyl (C=O) groups is 1. The third-order valence-corrected chi connectivity index (χ3v) is 4.24. The van der Waals surface area contributed by atoms with Crippen LogP contribution < -0.4 is 11.1 Å². The Morgan fingerprint density at radius 1 is 1.42 bits per heavy atom. The van der Waals surface area contributed by atoms with Crippen LogP contribution in [0.25, 0.3) is 10.2 Å². The number of nitrogen functional groups attached to an aromatic ring is 1. The zero-order valence-corrected chi connectivity index (χ0v) is 12.3. The van der Waals surface area contributed by atoms with Crippen molar-refractivity contribution in [2.45, 2.75) is 20.8 Å². The van der Waals surface area contributed by atoms with Crippen molar-refractivity contribution in [2.75, 3.05) is 12.3 Å². The molecule has 102 valence electrons. The lowest BCUT2D eigenvalue weighted by atomic mass is 9.98. The fourth-order valence-electron chi connectivity index (χ4n) is 1.68. The second-order valence-electron chi connectivity index (χ2n) is 5.17. The zero-order valence-electron chi connectivity index (χ0n) is 11.4. The van der Waals surface area contributed by atoms with E-state index in [1.807, 2.05) is 12.1 Å². The molecule has 0 saturated heterocycles. The molecule has 0 saturated carbocycles. The van der Waals surface area contributed by atoms with Crippen molar-refractivity contribution >= 4 is 32.6 Å². The maximum Gasteiger partial charge on any atom is 0.251 e. The summed E-state index contributed by atoms with van der Waals surface area (Å²) in [5.74, 6) is 0.983. The highest BCUT2D eigenvalue weighted by atomic mass is 32.1. The largest absolute Gasteiger partial charge is 0.375 e. The molecule has 0 aliphatic rings. The molecule has 0 aliphatic heterocycles. The summed E-state index contributed by atoms with van der Waals surface area (Å²) in [7, 11) is 0. The molecule has 0 spiro atoms. The van der Waals surface area contributed by atoms with Gasteiger partial charge in [-0.05, 0) is 30.0 Å². The Labute approximate surface area is 117 Å². The molecule has 1 aromatic heterocycles. The number of nitrogens with two attached hydrogens (primary N) is 1. The molecule has 0 bridgehead atoms. The van der Waals surface area contributed by atoms with E-state index in [1.165, 1.54) is 11.3 Å². The Morgan fingerprint density at radius 2 is 2.16 bits per heavy atom. The van der Waals surface area contributed by atoms with E-state index in [2.05, 4.69) is 31.1 Å². The van der Waals surface area contributed by atoms with Gasteiger partial charge in [0.1, 0.15) is 0 Å². The minimum atomic E-state index is -0.0404. The maximum absolute atomic E-state index is 12.1. The first-order valence-electron chi connectivity index (χ1n) is 6.41. The molecule has 2 aromatic rings. The topological polar surface area (TPSA) is 68.0 Å². The first-order valence-corrected chi connectivity index (χ1v) is 7.23. The third kappa shape index (κ3) is 3.23. The van der Waals surface area contributed by atoms with Gasteiger partial charge in [0.15, 0.2) is 5.13 Å². The number of hydrogen-bond donors (Lipinski definition) is 2. The van der Waals surface area contributed by atoms with Crippen molar-refractivity contribution in [3.05, 3.63) is 23.8 Å². The molecule has 2 rings (SSSR count). The van der Waals surface area contributed by atoms with Gasteiger partial charge in [0.2, 0.25) is 0 Å². The number of aromatic nitrogens is 1. The van der Waals surface area contributed by atoms with E-state index in [-0.39, 0.29) is 5.91 Å². The molecule has 0 fully saturated rings. The van der Waals surface area contributed by atoms with Gasteiger partial charge in [-0.15, -0.1) is 0 Å². The lowest BCUT2D eigenvalue weighted by molar-refractivity contribution is 0.0945. The maximum atomic E-state index is 12.1. The van der Waals surface area contributed by atoms with Gasteiger partial charge in [-0.1, -0.05) is 32.1 Å². The van der Waals surface area contributed by atoms with E-state index in [9.17, 15) is 4.79 Å². The number of benzene rings is 1. The summed E-state index contributed by atoms with van der Waals surface area (Å²) in [6.45, 7) is 7.14. The van der Waals surface area contributed by atoms with E-state index >= 15 is 0 Å². The smallest absolute Gasteiger partial charge is 0.251 e. The van der Waals surface area contributed by atoms with E-state index < -0.39 is 0 Å². The summed E-state index contributed by atoms with van der Waals surface area (Å²) in [5.41, 5.74) is 7.16. The normalized spacial score (nSPS) is 12.8. The van der Waals surface area contributed by atoms with Crippen LogP contribution in [0.4, 0.5) is 5.13 Å². The number of thiazole rings is 1. The van der Waals surface area contributed by atoms with Crippen LogP contribution in [-0.2, 0) is 0 Å². The third-order valence-electron chi connectivity index (χ3n) is 3.39. The van der Waals surface area contributed by atoms with E-state index in [1.54, 1.807) is 6.07 Å². The first-order chi connectivity index (χ1) is 8.97. The Morgan fingerprint density at radius 3 is 2.84 bits per heavy atom. The van der Waals surface area contributed by atoms with Crippen LogP contribution in [0.15, 0.2) is 18.2 Å². The van der Waals surface area contributed by atoms with Gasteiger partial charge >= 0.3 is 0 Å². The summed E-state index contributed by atoms with van der Waals surface area (Å²) >= 11 is 1.40. The van der Waals surface area contributed by atoms with Crippen LogP contribution in [0.5, 0.6) is 0 Å². The molecule has 4 nitrogen and oxygen atoms in total. The van der Waals surface area contributed by atoms with Gasteiger partial charge in [0.05, 0.1) is 10.2 Å². The van der Waals surface area contributed by atoms with Gasteiger partial charge in [-0.2, -0.15) is 0 Å². The Kier molecular flexibility index (Phi) is 4.04. The number of nitrogens with zero attached hydrogens (tertiary/aromatic N) is 1. The van der Waals surface area contributed by atoms with Gasteiger partial charge in [-0.25, -0.2) is 4.98 Å². The number of amides is 1. The highest BCUT2D eigenvalue weighted by molar-refractivity contribution is 7.22. The number of anilines is 1. The first kappa shape index (κ1) is 13.8. The van der Waals surface area contributed by atoms with Gasteiger partial charge in [0, 0.05) is 12.1 Å². The van der Waals surface area contributed by atoms with Gasteiger partial charge < -0.3 is 11.1 Å². The minimum absolute atomic E-state index is 0.0404. The molecule has 1 unspecified atom stereocenters. The summed E-state index contributed by atoms with van der Waals surface area (Å²) in [5, 5.41) is 3.49. The second-order valence-corrected chi connectivity index (χ2v) is 6.23. The monoisotopic (exact) mass is 277 g/mol. The highest BCUT2D eigenvalue weighted by Gasteiger charge is 2.11. The van der Waals surface area contributed by atoms with Crippen LogP contribution in [-0.4, -0.2) is 17.4 Å². The molecule has 1 heterocycles. The van der Waals surface area contributed by atoms with Crippen LogP contribution >= 0.6 is 11.3 Å². The summed E-state index contributed by atoms with van der Waals surface area (Å²) in [6.07, 6.45) is 0. The number of rotatable bonds is 4. The zero-order chi connectivity index (χ0) is 14.0. The molecule has 1 atom stereocenters. The van der Waals surface area contributed by atoms with E-state index in [0.29, 0.717) is 29.1 Å². The van der Waals surface area contributed by atoms with Gasteiger partial charge in [0.25, 0.3) is 5.91 Å². The lowest BCUT2D eigenvalue weighted by Crippen LogP contribution is -2.30. The summed E-state index contributed by atoms with van der Waals surface area (Å²) in [4.78, 5) is 16.2. The molecule has 1 amide bonds. The van der Waals surface area contributed by atoms with Crippen molar-refractivity contribution in [3.8, 4) is 0 Å². The van der Waals surface area contributed by atoms with Gasteiger partial charge in [-0.3, -0.25) is 4.79 Å². The Bertz CT molecular complexity index is 591. The molecule has 5 heteroatoms. The van der Waals surface area contributed by atoms with Crippen molar-refractivity contribution in [1.29, 1.82) is 0 Å². The predicted molar refractivity (Wildman–Crippen MR) is 80.4 cm³/mol. The van der Waals surface area contributed by atoms with Crippen LogP contribution in [0, 0.1) is 11.8 Å². The second kappa shape index (κ2) is 5.57. The molecule has 0 radical (unpaired) electrons. The van der Waals surface area contributed by atoms with Crippen molar-refractivity contribution in [1.82, 2.24) is 10.3 Å². The Balaban J connectivity index is 2.08. The van der Waals surface area contributed by atoms with Crippen LogP contribution in [0.2, 0.25) is 0 Å². The Hall–Kier alpha value is -1.62. The minimum Gasteiger partial charge on any atom is -0.375 e. The standard InChI is InChI=1S/C14H19N3OS/c1-8(2)9(3)7-16-13(18)10-4-5-11-12(6-10)19-14(15)17-11/h4-6,8-9H,7H2,1-3H3,(H2,15,17)(H,16,18). The molecule has 1 aromatic carbocycles. The molecular weight excluding hydrogens is 258 g/mol. The molecule has 0 aliphatic carbocycles. The SMILES string of the molecule is CC(C)C(C)CNC(=O)c1ccc2nc(N)sc2c1. The molecule has 3 N–H and O–H groups in total. The average molecular weight is 277 g/mol. The average Bonchev–Trinajstić information content (AvgIpc) is 2.74. The van der Waals surface area contributed by atoms with E-state index in [0.717, 1.165) is 10.2 Å². The quantitative estimate of drug-likeness (QED) is 0.903.